The summed E-state index contributed by atoms with van der Waals surface area (Å²) in [7, 11) is 0. The number of nitrogens with zero attached hydrogens (tertiary/aromatic N) is 2. The summed E-state index contributed by atoms with van der Waals surface area (Å²) in [6.07, 6.45) is 6.59. The van der Waals surface area contributed by atoms with E-state index in [-0.39, 0.29) is 22.5 Å². The minimum atomic E-state index is -0.509. The van der Waals surface area contributed by atoms with E-state index in [1.807, 2.05) is 0 Å². The van der Waals surface area contributed by atoms with Crippen molar-refractivity contribution in [3.8, 4) is 11.3 Å². The van der Waals surface area contributed by atoms with Gasteiger partial charge in [0.25, 0.3) is 5.69 Å². The van der Waals surface area contributed by atoms with Gasteiger partial charge in [-0.15, -0.1) is 0 Å². The number of hydrogen-bond donors (Lipinski definition) is 1. The molecule has 1 fully saturated rings. The first kappa shape index (κ1) is 18.1. The monoisotopic (exact) mass is 375 g/mol. The number of halogens is 1. The quantitative estimate of drug-likeness (QED) is 0.471. The number of benzene rings is 1. The van der Waals surface area contributed by atoms with E-state index < -0.39 is 4.92 Å². The maximum absolute atomic E-state index is 12.0. The molecule has 7 nitrogen and oxygen atoms in total. The second kappa shape index (κ2) is 8.14. The largest absolute Gasteiger partial charge is 0.455 e. The number of rotatable bonds is 5. The van der Waals surface area contributed by atoms with Crippen LogP contribution in [0, 0.1) is 16.0 Å². The van der Waals surface area contributed by atoms with E-state index >= 15 is 0 Å². The van der Waals surface area contributed by atoms with Gasteiger partial charge in [-0.2, -0.15) is 5.10 Å². The number of nitro benzene ring substituents is 1. The predicted octanol–water partition coefficient (Wildman–Crippen LogP) is 4.54. The van der Waals surface area contributed by atoms with Crippen molar-refractivity contribution in [2.45, 2.75) is 32.1 Å². The van der Waals surface area contributed by atoms with Crippen LogP contribution < -0.4 is 5.43 Å². The molecule has 1 aliphatic rings. The number of amides is 1. The Balaban J connectivity index is 1.64. The molecule has 0 radical (unpaired) electrons. The van der Waals surface area contributed by atoms with Gasteiger partial charge in [-0.1, -0.05) is 30.9 Å². The van der Waals surface area contributed by atoms with Crippen LogP contribution in [0.5, 0.6) is 0 Å². The van der Waals surface area contributed by atoms with Crippen molar-refractivity contribution in [2.24, 2.45) is 11.0 Å². The van der Waals surface area contributed by atoms with Crippen LogP contribution in [0.3, 0.4) is 0 Å². The molecule has 1 aliphatic carbocycles. The summed E-state index contributed by atoms with van der Waals surface area (Å²) in [5, 5.41) is 14.9. The average Bonchev–Trinajstić information content (AvgIpc) is 3.10. The number of non-ortho nitro benzene ring substituents is 1. The van der Waals surface area contributed by atoms with Gasteiger partial charge in [-0.3, -0.25) is 14.9 Å². The fourth-order valence-corrected chi connectivity index (χ4v) is 3.27. The number of hydrogen-bond acceptors (Lipinski definition) is 5. The lowest BCUT2D eigenvalue weighted by Gasteiger charge is -2.19. The van der Waals surface area contributed by atoms with E-state index in [1.54, 1.807) is 12.1 Å². The Hall–Kier alpha value is -2.67. The highest BCUT2D eigenvalue weighted by molar-refractivity contribution is 6.33. The van der Waals surface area contributed by atoms with Crippen molar-refractivity contribution in [1.29, 1.82) is 0 Å². The average molecular weight is 376 g/mol. The van der Waals surface area contributed by atoms with Crippen molar-refractivity contribution in [3.05, 3.63) is 51.2 Å². The van der Waals surface area contributed by atoms with Gasteiger partial charge >= 0.3 is 0 Å². The first-order chi connectivity index (χ1) is 12.5. The van der Waals surface area contributed by atoms with Crippen LogP contribution in [-0.4, -0.2) is 17.0 Å². The van der Waals surface area contributed by atoms with E-state index in [1.165, 1.54) is 30.8 Å². The first-order valence-corrected chi connectivity index (χ1v) is 8.79. The summed E-state index contributed by atoms with van der Waals surface area (Å²) in [5.74, 6) is 0.876. The molecule has 0 spiro atoms. The fraction of sp³-hybridized carbons (Fsp3) is 0.333. The van der Waals surface area contributed by atoms with Crippen LogP contribution in [-0.2, 0) is 4.79 Å². The molecule has 1 saturated carbocycles. The molecule has 0 aliphatic heterocycles. The minimum absolute atomic E-state index is 0.0342. The molecule has 1 heterocycles. The molecule has 0 atom stereocenters. The van der Waals surface area contributed by atoms with Gasteiger partial charge in [0.05, 0.1) is 16.2 Å². The van der Waals surface area contributed by atoms with Gasteiger partial charge in [-0.05, 0) is 31.0 Å². The lowest BCUT2D eigenvalue weighted by molar-refractivity contribution is -0.384. The lowest BCUT2D eigenvalue weighted by Crippen LogP contribution is -2.28. The second-order valence-electron chi connectivity index (χ2n) is 6.19. The van der Waals surface area contributed by atoms with Crippen molar-refractivity contribution in [3.63, 3.8) is 0 Å². The number of carbonyl (C=O) groups excluding carboxylic acids is 1. The zero-order chi connectivity index (χ0) is 18.5. The van der Waals surface area contributed by atoms with E-state index in [9.17, 15) is 14.9 Å². The van der Waals surface area contributed by atoms with E-state index in [0.29, 0.717) is 17.1 Å². The zero-order valence-electron chi connectivity index (χ0n) is 14.0. The molecule has 0 saturated heterocycles. The van der Waals surface area contributed by atoms with Gasteiger partial charge in [-0.25, -0.2) is 5.43 Å². The van der Waals surface area contributed by atoms with Gasteiger partial charge in [0, 0.05) is 23.6 Å². The zero-order valence-corrected chi connectivity index (χ0v) is 14.7. The Morgan fingerprint density at radius 1 is 1.27 bits per heavy atom. The number of carbonyl (C=O) groups is 1. The van der Waals surface area contributed by atoms with Gasteiger partial charge < -0.3 is 4.42 Å². The fourth-order valence-electron chi connectivity index (χ4n) is 3.00. The topological polar surface area (TPSA) is 97.7 Å². The Morgan fingerprint density at radius 3 is 2.73 bits per heavy atom. The number of nitrogens with one attached hydrogen (secondary N) is 1. The van der Waals surface area contributed by atoms with Gasteiger partial charge in [0.2, 0.25) is 5.91 Å². The van der Waals surface area contributed by atoms with Gasteiger partial charge in [0.15, 0.2) is 0 Å². The summed E-state index contributed by atoms with van der Waals surface area (Å²) < 4.78 is 5.62. The van der Waals surface area contributed by atoms with Crippen molar-refractivity contribution in [1.82, 2.24) is 5.43 Å². The standard InChI is InChI=1S/C18H18ClN3O4/c19-16-10-13(22(24)25)6-8-15(16)17-9-7-14(26-17)11-20-21-18(23)12-4-2-1-3-5-12/h6-12H,1-5H2,(H,21,23)/b20-11-. The Morgan fingerprint density at radius 2 is 2.04 bits per heavy atom. The Bertz CT molecular complexity index is 841. The van der Waals surface area contributed by atoms with E-state index in [4.69, 9.17) is 16.0 Å². The maximum atomic E-state index is 12.0. The highest BCUT2D eigenvalue weighted by Crippen LogP contribution is 2.32. The van der Waals surface area contributed by atoms with E-state index in [2.05, 4.69) is 10.5 Å². The third-order valence-corrected chi connectivity index (χ3v) is 4.71. The Labute approximate surface area is 155 Å². The molecular formula is C18H18ClN3O4. The molecule has 1 aromatic carbocycles. The van der Waals surface area contributed by atoms with Crippen LogP contribution in [0.15, 0.2) is 39.9 Å². The van der Waals surface area contributed by atoms with Crippen LogP contribution in [0.1, 0.15) is 37.9 Å². The summed E-state index contributed by atoms with van der Waals surface area (Å²) in [5.41, 5.74) is 3.01. The van der Waals surface area contributed by atoms with E-state index in [0.717, 1.165) is 25.7 Å². The van der Waals surface area contributed by atoms with Crippen LogP contribution in [0.4, 0.5) is 5.69 Å². The van der Waals surface area contributed by atoms with Crippen molar-refractivity contribution < 1.29 is 14.1 Å². The summed E-state index contributed by atoms with van der Waals surface area (Å²) in [6.45, 7) is 0. The van der Waals surface area contributed by atoms with Crippen LogP contribution >= 0.6 is 11.6 Å². The van der Waals surface area contributed by atoms with Gasteiger partial charge in [0.1, 0.15) is 11.5 Å². The lowest BCUT2D eigenvalue weighted by atomic mass is 9.89. The third kappa shape index (κ3) is 4.29. The molecule has 0 bridgehead atoms. The number of furan rings is 1. The summed E-state index contributed by atoms with van der Waals surface area (Å²) >= 11 is 6.09. The second-order valence-corrected chi connectivity index (χ2v) is 6.60. The smallest absolute Gasteiger partial charge is 0.270 e. The third-order valence-electron chi connectivity index (χ3n) is 4.40. The van der Waals surface area contributed by atoms with Crippen molar-refractivity contribution >= 4 is 29.4 Å². The Kier molecular flexibility index (Phi) is 5.68. The first-order valence-electron chi connectivity index (χ1n) is 8.41. The molecule has 0 unspecified atom stereocenters. The van der Waals surface area contributed by atoms with Crippen LogP contribution in [0.2, 0.25) is 5.02 Å². The SMILES string of the molecule is O=C(N/N=C\c1ccc(-c2ccc([N+](=O)[O-])cc2Cl)o1)C1CCCCC1. The highest BCUT2D eigenvalue weighted by atomic mass is 35.5. The summed E-state index contributed by atoms with van der Waals surface area (Å²) in [4.78, 5) is 22.3. The molecule has 136 valence electrons. The summed E-state index contributed by atoms with van der Waals surface area (Å²) in [6, 6.07) is 7.55. The molecule has 2 aromatic rings. The molecular weight excluding hydrogens is 358 g/mol. The predicted molar refractivity (Wildman–Crippen MR) is 98.1 cm³/mol. The highest BCUT2D eigenvalue weighted by Gasteiger charge is 2.20. The molecule has 3 rings (SSSR count). The molecule has 8 heteroatoms. The molecule has 1 aromatic heterocycles. The minimum Gasteiger partial charge on any atom is -0.455 e. The molecule has 1 amide bonds. The number of nitro groups is 1. The normalized spacial score (nSPS) is 15.3. The van der Waals surface area contributed by atoms with Crippen LogP contribution in [0.25, 0.3) is 11.3 Å². The van der Waals surface area contributed by atoms with Crippen molar-refractivity contribution in [2.75, 3.05) is 0 Å². The number of hydrazone groups is 1. The molecule has 1 N–H and O–H groups in total. The molecule has 26 heavy (non-hydrogen) atoms. The maximum Gasteiger partial charge on any atom is 0.270 e.